The van der Waals surface area contributed by atoms with Crippen LogP contribution in [0.3, 0.4) is 0 Å². The van der Waals surface area contributed by atoms with E-state index in [0.717, 1.165) is 25.3 Å². The first-order valence-corrected chi connectivity index (χ1v) is 8.55. The van der Waals surface area contributed by atoms with Crippen LogP contribution in [0.1, 0.15) is 5.69 Å². The summed E-state index contributed by atoms with van der Waals surface area (Å²) in [6.45, 7) is 3.83. The van der Waals surface area contributed by atoms with Gasteiger partial charge in [0.2, 0.25) is 0 Å². The molecule has 2 heterocycles. The molecule has 0 aliphatic carbocycles. The highest BCUT2D eigenvalue weighted by atomic mass is 35.5. The third-order valence-corrected chi connectivity index (χ3v) is 4.47. The number of ether oxygens (including phenoxy) is 1. The molecule has 1 aromatic heterocycles. The van der Waals surface area contributed by atoms with Crippen LogP contribution in [0.25, 0.3) is 0 Å². The number of methoxy groups -OCH3 is 1. The van der Waals surface area contributed by atoms with Crippen LogP contribution in [-0.4, -0.2) is 54.1 Å². The first-order valence-electron chi connectivity index (χ1n) is 8.17. The summed E-state index contributed by atoms with van der Waals surface area (Å²) >= 11 is 6.09. The van der Waals surface area contributed by atoms with Crippen molar-refractivity contribution in [2.75, 3.05) is 38.6 Å². The summed E-state index contributed by atoms with van der Waals surface area (Å²) in [5, 5.41) is 3.36. The van der Waals surface area contributed by atoms with Gasteiger partial charge in [-0.1, -0.05) is 17.7 Å². The van der Waals surface area contributed by atoms with E-state index < -0.39 is 0 Å². The number of pyridine rings is 1. The van der Waals surface area contributed by atoms with Gasteiger partial charge in [-0.15, -0.1) is 0 Å². The van der Waals surface area contributed by atoms with Crippen molar-refractivity contribution < 1.29 is 9.53 Å². The van der Waals surface area contributed by atoms with E-state index in [9.17, 15) is 4.79 Å². The molecule has 0 spiro atoms. The van der Waals surface area contributed by atoms with E-state index in [-0.39, 0.29) is 6.03 Å². The molecule has 2 aromatic rings. The van der Waals surface area contributed by atoms with Crippen LogP contribution >= 0.6 is 11.6 Å². The third kappa shape index (κ3) is 4.61. The molecular formula is C18H21ClN4O2. The summed E-state index contributed by atoms with van der Waals surface area (Å²) in [7, 11) is 1.56. The molecule has 1 aliphatic rings. The number of carbonyl (C=O) groups excluding carboxylic acids is 1. The Kier molecular flexibility index (Phi) is 5.73. The Morgan fingerprint density at radius 2 is 2.04 bits per heavy atom. The average Bonchev–Trinajstić information content (AvgIpc) is 2.63. The summed E-state index contributed by atoms with van der Waals surface area (Å²) < 4.78 is 5.12. The van der Waals surface area contributed by atoms with Crippen molar-refractivity contribution in [1.82, 2.24) is 14.8 Å². The summed E-state index contributed by atoms with van der Waals surface area (Å²) in [6, 6.07) is 11.0. The second kappa shape index (κ2) is 8.18. The molecule has 0 radical (unpaired) electrons. The van der Waals surface area contributed by atoms with Gasteiger partial charge >= 0.3 is 6.03 Å². The predicted octanol–water partition coefficient (Wildman–Crippen LogP) is 3.09. The number of halogens is 1. The second-order valence-electron chi connectivity index (χ2n) is 5.86. The number of hydrogen-bond acceptors (Lipinski definition) is 4. The van der Waals surface area contributed by atoms with Gasteiger partial charge < -0.3 is 15.0 Å². The van der Waals surface area contributed by atoms with Crippen molar-refractivity contribution in [2.45, 2.75) is 6.54 Å². The Labute approximate surface area is 152 Å². The molecule has 0 unspecified atom stereocenters. The van der Waals surface area contributed by atoms with E-state index in [4.69, 9.17) is 16.3 Å². The minimum atomic E-state index is -0.112. The van der Waals surface area contributed by atoms with Gasteiger partial charge in [-0.05, 0) is 30.3 Å². The standard InChI is InChI=1S/C18H21ClN4O2/c1-25-17-6-5-14(12-16(17)19)21-18(24)23-10-8-22(9-11-23)13-15-4-2-3-7-20-15/h2-7,12H,8-11,13H2,1H3,(H,21,24). The molecule has 132 valence electrons. The first kappa shape index (κ1) is 17.5. The number of urea groups is 1. The summed E-state index contributed by atoms with van der Waals surface area (Å²) in [4.78, 5) is 20.9. The number of nitrogens with one attached hydrogen (secondary N) is 1. The van der Waals surface area contributed by atoms with Gasteiger partial charge in [0.05, 0.1) is 17.8 Å². The maximum atomic E-state index is 12.4. The molecule has 7 heteroatoms. The molecule has 1 fully saturated rings. The molecule has 0 saturated carbocycles. The van der Waals surface area contributed by atoms with Gasteiger partial charge in [-0.2, -0.15) is 0 Å². The summed E-state index contributed by atoms with van der Waals surface area (Å²) in [6.07, 6.45) is 1.80. The normalized spacial score (nSPS) is 15.0. The SMILES string of the molecule is COc1ccc(NC(=O)N2CCN(Cc3ccccn3)CC2)cc1Cl. The molecule has 25 heavy (non-hydrogen) atoms. The number of anilines is 1. The van der Waals surface area contributed by atoms with Crippen LogP contribution in [0.5, 0.6) is 5.75 Å². The highest BCUT2D eigenvalue weighted by molar-refractivity contribution is 6.32. The number of aromatic nitrogens is 1. The Hall–Kier alpha value is -2.31. The molecule has 6 nitrogen and oxygen atoms in total. The number of piperazine rings is 1. The van der Waals surface area contributed by atoms with Gasteiger partial charge in [-0.25, -0.2) is 4.79 Å². The second-order valence-corrected chi connectivity index (χ2v) is 6.27. The maximum absolute atomic E-state index is 12.4. The number of nitrogens with zero attached hydrogens (tertiary/aromatic N) is 3. The maximum Gasteiger partial charge on any atom is 0.321 e. The van der Waals surface area contributed by atoms with E-state index in [1.165, 1.54) is 0 Å². The lowest BCUT2D eigenvalue weighted by Crippen LogP contribution is -2.49. The van der Waals surface area contributed by atoms with Gasteiger partial charge in [-0.3, -0.25) is 9.88 Å². The van der Waals surface area contributed by atoms with Gasteiger partial charge in [0, 0.05) is 44.6 Å². The van der Waals surface area contributed by atoms with Crippen molar-refractivity contribution in [3.63, 3.8) is 0 Å². The van der Waals surface area contributed by atoms with Crippen LogP contribution < -0.4 is 10.1 Å². The lowest BCUT2D eigenvalue weighted by Gasteiger charge is -2.34. The first-order chi connectivity index (χ1) is 12.2. The van der Waals surface area contributed by atoms with E-state index >= 15 is 0 Å². The molecule has 3 rings (SSSR count). The Morgan fingerprint density at radius 1 is 1.24 bits per heavy atom. The fourth-order valence-electron chi connectivity index (χ4n) is 2.78. The minimum absolute atomic E-state index is 0.112. The number of benzene rings is 1. The Bertz CT molecular complexity index is 718. The third-order valence-electron chi connectivity index (χ3n) is 4.17. The average molecular weight is 361 g/mol. The molecule has 1 aromatic carbocycles. The molecule has 2 amide bonds. The van der Waals surface area contributed by atoms with Crippen LogP contribution in [0.4, 0.5) is 10.5 Å². The smallest absolute Gasteiger partial charge is 0.321 e. The highest BCUT2D eigenvalue weighted by Crippen LogP contribution is 2.27. The number of carbonyl (C=O) groups is 1. The number of amides is 2. The van der Waals surface area contributed by atoms with Crippen molar-refractivity contribution in [3.8, 4) is 5.75 Å². The summed E-state index contributed by atoms with van der Waals surface area (Å²) in [5.41, 5.74) is 1.71. The van der Waals surface area contributed by atoms with Crippen LogP contribution in [0.2, 0.25) is 5.02 Å². The fraction of sp³-hybridized carbons (Fsp3) is 0.333. The Balaban J connectivity index is 1.50. The lowest BCUT2D eigenvalue weighted by atomic mass is 10.2. The van der Waals surface area contributed by atoms with Crippen molar-refractivity contribution in [2.24, 2.45) is 0 Å². The zero-order valence-corrected chi connectivity index (χ0v) is 14.9. The van der Waals surface area contributed by atoms with E-state index in [1.54, 1.807) is 31.5 Å². The Morgan fingerprint density at radius 3 is 2.68 bits per heavy atom. The molecule has 1 aliphatic heterocycles. The molecule has 1 N–H and O–H groups in total. The summed E-state index contributed by atoms with van der Waals surface area (Å²) in [5.74, 6) is 0.586. The fourth-order valence-corrected chi connectivity index (χ4v) is 3.03. The molecule has 0 atom stereocenters. The topological polar surface area (TPSA) is 57.7 Å². The van der Waals surface area contributed by atoms with Crippen molar-refractivity contribution >= 4 is 23.3 Å². The van der Waals surface area contributed by atoms with Gasteiger partial charge in [0.1, 0.15) is 5.75 Å². The monoisotopic (exact) mass is 360 g/mol. The predicted molar refractivity (Wildman–Crippen MR) is 98.1 cm³/mol. The van der Waals surface area contributed by atoms with E-state index in [0.29, 0.717) is 29.5 Å². The lowest BCUT2D eigenvalue weighted by molar-refractivity contribution is 0.142. The van der Waals surface area contributed by atoms with Crippen molar-refractivity contribution in [1.29, 1.82) is 0 Å². The van der Waals surface area contributed by atoms with Gasteiger partial charge in [0.15, 0.2) is 0 Å². The zero-order chi connectivity index (χ0) is 17.6. The van der Waals surface area contributed by atoms with E-state index in [2.05, 4.69) is 15.2 Å². The largest absolute Gasteiger partial charge is 0.495 e. The highest BCUT2D eigenvalue weighted by Gasteiger charge is 2.21. The van der Waals surface area contributed by atoms with Gasteiger partial charge in [0.25, 0.3) is 0 Å². The van der Waals surface area contributed by atoms with Crippen LogP contribution in [0.15, 0.2) is 42.6 Å². The molecule has 0 bridgehead atoms. The molecule has 1 saturated heterocycles. The number of hydrogen-bond donors (Lipinski definition) is 1. The van der Waals surface area contributed by atoms with Crippen LogP contribution in [-0.2, 0) is 6.54 Å². The van der Waals surface area contributed by atoms with E-state index in [1.807, 2.05) is 23.1 Å². The molecular weight excluding hydrogens is 340 g/mol. The van der Waals surface area contributed by atoms with Crippen LogP contribution in [0, 0.1) is 0 Å². The quantitative estimate of drug-likeness (QED) is 0.910. The van der Waals surface area contributed by atoms with Crippen molar-refractivity contribution in [3.05, 3.63) is 53.3 Å². The zero-order valence-electron chi connectivity index (χ0n) is 14.1. The minimum Gasteiger partial charge on any atom is -0.495 e. The number of rotatable bonds is 4.